The maximum atomic E-state index is 12.8. The number of rotatable bonds is 6. The molecular formula is C9H9BrF2N2O5S. The lowest BCUT2D eigenvalue weighted by atomic mass is 10.3. The van der Waals surface area contributed by atoms with Crippen molar-refractivity contribution in [1.29, 1.82) is 0 Å². The molecule has 0 aliphatic carbocycles. The summed E-state index contributed by atoms with van der Waals surface area (Å²) in [4.78, 5) is 9.06. The lowest BCUT2D eigenvalue weighted by Crippen LogP contribution is -2.39. The van der Waals surface area contributed by atoms with Gasteiger partial charge in [0.2, 0.25) is 10.0 Å². The van der Waals surface area contributed by atoms with E-state index in [9.17, 15) is 27.3 Å². The molecule has 7 nitrogen and oxygen atoms in total. The number of nitrogens with zero attached hydrogens (tertiary/aromatic N) is 1. The largest absolute Gasteiger partial charge is 0.390 e. The van der Waals surface area contributed by atoms with E-state index in [1.54, 1.807) is 0 Å². The topological polar surface area (TPSA) is 110 Å². The van der Waals surface area contributed by atoms with Crippen molar-refractivity contribution in [3.63, 3.8) is 0 Å². The molecule has 0 aliphatic rings. The van der Waals surface area contributed by atoms with Crippen LogP contribution in [0.25, 0.3) is 0 Å². The molecule has 0 unspecified atom stereocenters. The molecule has 0 radical (unpaired) electrons. The van der Waals surface area contributed by atoms with Crippen LogP contribution >= 0.6 is 15.9 Å². The monoisotopic (exact) mass is 374 g/mol. The Morgan fingerprint density at radius 2 is 2.05 bits per heavy atom. The fourth-order valence-corrected chi connectivity index (χ4v) is 2.96. The number of hydrogen-bond donors (Lipinski definition) is 2. The number of alkyl halides is 2. The molecule has 0 saturated heterocycles. The van der Waals surface area contributed by atoms with Crippen LogP contribution in [-0.4, -0.2) is 37.5 Å². The van der Waals surface area contributed by atoms with E-state index in [0.29, 0.717) is 0 Å². The van der Waals surface area contributed by atoms with E-state index in [-0.39, 0.29) is 4.47 Å². The molecule has 1 aromatic rings. The van der Waals surface area contributed by atoms with E-state index in [1.807, 2.05) is 0 Å². The second-order valence-corrected chi connectivity index (χ2v) is 6.36. The van der Waals surface area contributed by atoms with E-state index in [4.69, 9.17) is 5.11 Å². The van der Waals surface area contributed by atoms with Gasteiger partial charge in [-0.05, 0) is 12.1 Å². The van der Waals surface area contributed by atoms with Crippen molar-refractivity contribution in [2.45, 2.75) is 10.8 Å². The van der Waals surface area contributed by atoms with Crippen molar-refractivity contribution in [2.75, 3.05) is 13.2 Å². The average Bonchev–Trinajstić information content (AvgIpc) is 2.36. The van der Waals surface area contributed by atoms with Gasteiger partial charge in [0, 0.05) is 10.5 Å². The second kappa shape index (κ2) is 6.08. The Labute approximate surface area is 120 Å². The van der Waals surface area contributed by atoms with Gasteiger partial charge < -0.3 is 5.11 Å². The number of aliphatic hydroxyl groups excluding tert-OH is 1. The highest BCUT2D eigenvalue weighted by Gasteiger charge is 2.32. The summed E-state index contributed by atoms with van der Waals surface area (Å²) in [5.41, 5.74) is -0.743. The van der Waals surface area contributed by atoms with Gasteiger partial charge in [-0.15, -0.1) is 0 Å². The van der Waals surface area contributed by atoms with Gasteiger partial charge in [0.15, 0.2) is 4.90 Å². The molecule has 0 aliphatic heterocycles. The second-order valence-electron chi connectivity index (χ2n) is 3.71. The van der Waals surface area contributed by atoms with Gasteiger partial charge in [0.05, 0.1) is 11.5 Å². The van der Waals surface area contributed by atoms with Crippen LogP contribution < -0.4 is 4.72 Å². The number of benzene rings is 1. The number of nitro groups is 1. The normalized spacial score (nSPS) is 12.4. The van der Waals surface area contributed by atoms with E-state index >= 15 is 0 Å². The first kappa shape index (κ1) is 16.9. The van der Waals surface area contributed by atoms with Gasteiger partial charge in [-0.1, -0.05) is 15.9 Å². The third kappa shape index (κ3) is 4.16. The van der Waals surface area contributed by atoms with Gasteiger partial charge in [-0.25, -0.2) is 21.9 Å². The van der Waals surface area contributed by atoms with Gasteiger partial charge in [0.25, 0.3) is 11.6 Å². The zero-order valence-electron chi connectivity index (χ0n) is 9.72. The first-order chi connectivity index (χ1) is 9.09. The van der Waals surface area contributed by atoms with E-state index in [1.165, 1.54) is 10.8 Å². The zero-order valence-corrected chi connectivity index (χ0v) is 12.1. The Bertz CT molecular complexity index is 623. The molecule has 0 spiro atoms. The van der Waals surface area contributed by atoms with Crippen LogP contribution in [0.15, 0.2) is 27.6 Å². The maximum absolute atomic E-state index is 12.8. The molecule has 0 heterocycles. The molecule has 0 fully saturated rings. The Hall–Kier alpha value is -1.17. The fraction of sp³-hybridized carbons (Fsp3) is 0.333. The number of nitrogens with one attached hydrogen (secondary N) is 1. The summed E-state index contributed by atoms with van der Waals surface area (Å²) in [5, 5.41) is 19.1. The average molecular weight is 375 g/mol. The first-order valence-electron chi connectivity index (χ1n) is 5.01. The molecule has 2 N–H and O–H groups in total. The number of aliphatic hydroxyl groups is 1. The highest BCUT2D eigenvalue weighted by Crippen LogP contribution is 2.27. The Kier molecular flexibility index (Phi) is 5.13. The Morgan fingerprint density at radius 1 is 1.45 bits per heavy atom. The Morgan fingerprint density at radius 3 is 2.55 bits per heavy atom. The molecule has 0 atom stereocenters. The minimum atomic E-state index is -4.51. The summed E-state index contributed by atoms with van der Waals surface area (Å²) < 4.78 is 51.0. The lowest BCUT2D eigenvalue weighted by Gasteiger charge is -2.14. The van der Waals surface area contributed by atoms with Crippen LogP contribution in [0.5, 0.6) is 0 Å². The van der Waals surface area contributed by atoms with Gasteiger partial charge >= 0.3 is 0 Å². The summed E-state index contributed by atoms with van der Waals surface area (Å²) in [6, 6.07) is 3.11. The van der Waals surface area contributed by atoms with Crippen molar-refractivity contribution in [1.82, 2.24) is 4.72 Å². The van der Waals surface area contributed by atoms with Crippen LogP contribution in [0.3, 0.4) is 0 Å². The molecule has 0 saturated carbocycles. The van der Waals surface area contributed by atoms with Gasteiger partial charge in [-0.3, -0.25) is 10.1 Å². The molecule has 0 aromatic heterocycles. The van der Waals surface area contributed by atoms with Crippen molar-refractivity contribution in [3.05, 3.63) is 32.8 Å². The molecule has 1 aromatic carbocycles. The van der Waals surface area contributed by atoms with Crippen LogP contribution in [0.2, 0.25) is 0 Å². The SMILES string of the molecule is O=[N+]([O-])c1ccc(Br)cc1S(=O)(=O)NCC(F)(F)CO. The summed E-state index contributed by atoms with van der Waals surface area (Å²) >= 11 is 2.94. The first-order valence-corrected chi connectivity index (χ1v) is 7.29. The van der Waals surface area contributed by atoms with Crippen molar-refractivity contribution in [2.24, 2.45) is 0 Å². The molecule has 11 heteroatoms. The summed E-state index contributed by atoms with van der Waals surface area (Å²) in [6.07, 6.45) is 0. The quantitative estimate of drug-likeness (QED) is 0.575. The molecule has 0 amide bonds. The summed E-state index contributed by atoms with van der Waals surface area (Å²) in [6.45, 7) is -2.91. The number of nitro benzene ring substituents is 1. The third-order valence-electron chi connectivity index (χ3n) is 2.16. The van der Waals surface area contributed by atoms with Gasteiger partial charge in [-0.2, -0.15) is 0 Å². The van der Waals surface area contributed by atoms with Crippen LogP contribution in [-0.2, 0) is 10.0 Å². The minimum absolute atomic E-state index is 0.234. The summed E-state index contributed by atoms with van der Waals surface area (Å²) in [5.74, 6) is -3.66. The number of halogens is 3. The van der Waals surface area contributed by atoms with Crippen molar-refractivity contribution >= 4 is 31.6 Å². The zero-order chi connectivity index (χ0) is 15.6. The number of sulfonamides is 1. The fourth-order valence-electron chi connectivity index (χ4n) is 1.19. The van der Waals surface area contributed by atoms with Crippen LogP contribution in [0, 0.1) is 10.1 Å². The standard InChI is InChI=1S/C9H9BrF2N2O5S/c10-6-1-2-7(14(16)17)8(3-6)20(18,19)13-4-9(11,12)5-15/h1-3,13,15H,4-5H2. The third-order valence-corrected chi connectivity index (χ3v) is 4.08. The molecule has 0 bridgehead atoms. The lowest BCUT2D eigenvalue weighted by molar-refractivity contribution is -0.387. The summed E-state index contributed by atoms with van der Waals surface area (Å²) in [7, 11) is -4.51. The van der Waals surface area contributed by atoms with Crippen LogP contribution in [0.4, 0.5) is 14.5 Å². The van der Waals surface area contributed by atoms with Gasteiger partial charge in [0.1, 0.15) is 6.61 Å². The molecule has 20 heavy (non-hydrogen) atoms. The van der Waals surface area contributed by atoms with Crippen molar-refractivity contribution in [3.8, 4) is 0 Å². The smallest absolute Gasteiger partial charge is 0.289 e. The van der Waals surface area contributed by atoms with Crippen molar-refractivity contribution < 1.29 is 27.2 Å². The Balaban J connectivity index is 3.16. The molecular weight excluding hydrogens is 366 g/mol. The highest BCUT2D eigenvalue weighted by molar-refractivity contribution is 9.10. The molecule has 112 valence electrons. The minimum Gasteiger partial charge on any atom is -0.390 e. The van der Waals surface area contributed by atoms with E-state index < -0.39 is 44.6 Å². The predicted molar refractivity (Wildman–Crippen MR) is 68.0 cm³/mol. The highest BCUT2D eigenvalue weighted by atomic mass is 79.9. The van der Waals surface area contributed by atoms with E-state index in [0.717, 1.165) is 12.1 Å². The maximum Gasteiger partial charge on any atom is 0.289 e. The number of hydrogen-bond acceptors (Lipinski definition) is 5. The molecule has 1 rings (SSSR count). The predicted octanol–water partition coefficient (Wildman–Crippen LogP) is 1.26. The van der Waals surface area contributed by atoms with E-state index in [2.05, 4.69) is 15.9 Å². The van der Waals surface area contributed by atoms with Crippen LogP contribution in [0.1, 0.15) is 0 Å².